The molecule has 0 aliphatic heterocycles. The van der Waals surface area contributed by atoms with Crippen LogP contribution in [-0.4, -0.2) is 25.5 Å². The van der Waals surface area contributed by atoms with Crippen LogP contribution in [0.1, 0.15) is 12.6 Å². The van der Waals surface area contributed by atoms with E-state index >= 15 is 0 Å². The number of hydrogen-bond donors (Lipinski definition) is 1. The number of fused-ring (bicyclic) bond motifs is 1. The molecule has 0 fully saturated rings. The Morgan fingerprint density at radius 1 is 1.26 bits per heavy atom. The monoisotopic (exact) mass is 415 g/mol. The maximum absolute atomic E-state index is 12.6. The highest BCUT2D eigenvalue weighted by Gasteiger charge is 2.12. The van der Waals surface area contributed by atoms with Gasteiger partial charge in [-0.25, -0.2) is 4.98 Å². The van der Waals surface area contributed by atoms with E-state index in [1.54, 1.807) is 10.5 Å². The smallest absolute Gasteiger partial charge is 0.259 e. The lowest BCUT2D eigenvalue weighted by Crippen LogP contribution is -2.14. The highest BCUT2D eigenvalue weighted by atomic mass is 32.2. The molecule has 1 aromatic carbocycles. The van der Waals surface area contributed by atoms with Crippen LogP contribution in [0.4, 0.5) is 5.13 Å². The van der Waals surface area contributed by atoms with Crippen molar-refractivity contribution >= 4 is 50.4 Å². The Morgan fingerprint density at radius 3 is 2.85 bits per heavy atom. The van der Waals surface area contributed by atoms with Gasteiger partial charge in [0.1, 0.15) is 0 Å². The molecule has 10 heteroatoms. The number of aromatic nitrogens is 4. The number of thiazole rings is 1. The molecule has 27 heavy (non-hydrogen) atoms. The van der Waals surface area contributed by atoms with Gasteiger partial charge in [-0.1, -0.05) is 53.4 Å². The molecule has 0 aliphatic rings. The lowest BCUT2D eigenvalue weighted by Gasteiger charge is -2.03. The van der Waals surface area contributed by atoms with Crippen molar-refractivity contribution < 1.29 is 4.79 Å². The van der Waals surface area contributed by atoms with Crippen LogP contribution in [0, 0.1) is 0 Å². The number of thioether (sulfide) groups is 1. The minimum absolute atomic E-state index is 0.105. The molecule has 4 aromatic rings. The fourth-order valence-corrected chi connectivity index (χ4v) is 5.07. The van der Waals surface area contributed by atoms with Gasteiger partial charge in [0.15, 0.2) is 9.30 Å². The second-order valence-corrected chi connectivity index (χ2v) is 8.57. The van der Waals surface area contributed by atoms with Crippen LogP contribution in [-0.2, 0) is 10.5 Å². The molecule has 0 unspecified atom stereocenters. The van der Waals surface area contributed by atoms with Gasteiger partial charge in [-0.2, -0.15) is 0 Å². The van der Waals surface area contributed by atoms with Crippen molar-refractivity contribution in [2.24, 2.45) is 0 Å². The van der Waals surface area contributed by atoms with E-state index in [9.17, 15) is 9.59 Å². The van der Waals surface area contributed by atoms with E-state index in [0.29, 0.717) is 25.9 Å². The van der Waals surface area contributed by atoms with Gasteiger partial charge in [0.05, 0.1) is 11.4 Å². The van der Waals surface area contributed by atoms with E-state index in [-0.39, 0.29) is 11.5 Å². The summed E-state index contributed by atoms with van der Waals surface area (Å²) in [6.45, 7) is 1.42. The fraction of sp³-hybridized carbons (Fsp3) is 0.118. The Labute approximate surface area is 166 Å². The standard InChI is InChI=1S/C17H13N5O2S3/c1-10(23)18-15-20-21-17(27-15)26-8-12-7-14(24)22-13(9-25-16(22)19-12)11-5-3-2-4-6-11/h2-7,9H,8H2,1H3,(H,18,20,23). The van der Waals surface area contributed by atoms with Crippen molar-refractivity contribution in [2.75, 3.05) is 5.32 Å². The number of nitrogens with zero attached hydrogens (tertiary/aromatic N) is 4. The first-order chi connectivity index (χ1) is 13.1. The summed E-state index contributed by atoms with van der Waals surface area (Å²) >= 11 is 4.16. The van der Waals surface area contributed by atoms with Crippen LogP contribution in [0.3, 0.4) is 0 Å². The van der Waals surface area contributed by atoms with Crippen molar-refractivity contribution in [3.05, 3.63) is 57.8 Å². The number of nitrogens with one attached hydrogen (secondary N) is 1. The second kappa shape index (κ2) is 7.59. The molecule has 3 aromatic heterocycles. The van der Waals surface area contributed by atoms with Gasteiger partial charge in [-0.05, 0) is 5.56 Å². The van der Waals surface area contributed by atoms with Gasteiger partial charge in [-0.15, -0.1) is 21.5 Å². The molecule has 7 nitrogen and oxygen atoms in total. The molecule has 3 heterocycles. The highest BCUT2D eigenvalue weighted by Crippen LogP contribution is 2.28. The van der Waals surface area contributed by atoms with Crippen molar-refractivity contribution in [1.29, 1.82) is 0 Å². The zero-order valence-electron chi connectivity index (χ0n) is 14.1. The number of anilines is 1. The first-order valence-corrected chi connectivity index (χ1v) is 10.6. The van der Waals surface area contributed by atoms with Crippen LogP contribution < -0.4 is 10.9 Å². The Balaban J connectivity index is 1.56. The van der Waals surface area contributed by atoms with Gasteiger partial charge in [0.2, 0.25) is 11.0 Å². The molecular formula is C17H13N5O2S3. The maximum Gasteiger partial charge on any atom is 0.259 e. The summed E-state index contributed by atoms with van der Waals surface area (Å²) in [4.78, 5) is 28.9. The van der Waals surface area contributed by atoms with Gasteiger partial charge >= 0.3 is 0 Å². The van der Waals surface area contributed by atoms with Crippen LogP contribution in [0.15, 0.2) is 50.9 Å². The first-order valence-electron chi connectivity index (χ1n) is 7.89. The predicted octanol–water partition coefficient (Wildman–Crippen LogP) is 3.53. The van der Waals surface area contributed by atoms with Crippen molar-refractivity contribution in [2.45, 2.75) is 17.0 Å². The summed E-state index contributed by atoms with van der Waals surface area (Å²) in [5.41, 5.74) is 2.40. The topological polar surface area (TPSA) is 89.2 Å². The molecule has 0 aliphatic carbocycles. The molecule has 136 valence electrons. The minimum atomic E-state index is -0.185. The summed E-state index contributed by atoms with van der Waals surface area (Å²) in [5, 5.41) is 12.9. The van der Waals surface area contributed by atoms with E-state index in [1.807, 2.05) is 35.7 Å². The zero-order valence-corrected chi connectivity index (χ0v) is 16.5. The Morgan fingerprint density at radius 2 is 2.07 bits per heavy atom. The van der Waals surface area contributed by atoms with Gasteiger partial charge in [0, 0.05) is 24.1 Å². The molecule has 1 amide bonds. The third-order valence-electron chi connectivity index (χ3n) is 3.56. The zero-order chi connectivity index (χ0) is 18.8. The third-order valence-corrected chi connectivity index (χ3v) is 6.39. The Bertz CT molecular complexity index is 1170. The average Bonchev–Trinajstić information content (AvgIpc) is 3.27. The summed E-state index contributed by atoms with van der Waals surface area (Å²) in [6.07, 6.45) is 0. The molecule has 0 atom stereocenters. The molecule has 0 spiro atoms. The van der Waals surface area contributed by atoms with E-state index in [0.717, 1.165) is 11.3 Å². The van der Waals surface area contributed by atoms with Crippen molar-refractivity contribution in [1.82, 2.24) is 19.6 Å². The molecule has 0 bridgehead atoms. The van der Waals surface area contributed by atoms with E-state index in [2.05, 4.69) is 20.5 Å². The summed E-state index contributed by atoms with van der Waals surface area (Å²) in [7, 11) is 0. The maximum atomic E-state index is 12.6. The largest absolute Gasteiger partial charge is 0.301 e. The molecule has 0 radical (unpaired) electrons. The lowest BCUT2D eigenvalue weighted by molar-refractivity contribution is -0.114. The normalized spacial score (nSPS) is 11.0. The summed E-state index contributed by atoms with van der Waals surface area (Å²) < 4.78 is 2.34. The number of amides is 1. The number of carbonyl (C=O) groups excluding carboxylic acids is 1. The van der Waals surface area contributed by atoms with E-state index < -0.39 is 0 Å². The van der Waals surface area contributed by atoms with Crippen molar-refractivity contribution in [3.63, 3.8) is 0 Å². The molecule has 0 saturated carbocycles. The first kappa shape index (κ1) is 17.8. The van der Waals surface area contributed by atoms with Crippen LogP contribution in [0.5, 0.6) is 0 Å². The van der Waals surface area contributed by atoms with Gasteiger partial charge in [-0.3, -0.25) is 14.0 Å². The molecule has 0 saturated heterocycles. The number of benzene rings is 1. The van der Waals surface area contributed by atoms with Gasteiger partial charge < -0.3 is 5.32 Å². The number of carbonyl (C=O) groups is 1. The predicted molar refractivity (Wildman–Crippen MR) is 109 cm³/mol. The molecule has 4 rings (SSSR count). The average molecular weight is 416 g/mol. The van der Waals surface area contributed by atoms with E-state index in [4.69, 9.17) is 0 Å². The Hall–Kier alpha value is -2.56. The van der Waals surface area contributed by atoms with Crippen LogP contribution in [0.2, 0.25) is 0 Å². The van der Waals surface area contributed by atoms with Crippen molar-refractivity contribution in [3.8, 4) is 11.3 Å². The Kier molecular flexibility index (Phi) is 5.01. The third kappa shape index (κ3) is 3.92. The van der Waals surface area contributed by atoms with Crippen LogP contribution >= 0.6 is 34.4 Å². The fourth-order valence-electron chi connectivity index (χ4n) is 2.45. The lowest BCUT2D eigenvalue weighted by atomic mass is 10.2. The van der Waals surface area contributed by atoms with Crippen LogP contribution in [0.25, 0.3) is 16.2 Å². The quantitative estimate of drug-likeness (QED) is 0.396. The summed E-state index contributed by atoms with van der Waals surface area (Å²) in [5.74, 6) is 0.314. The highest BCUT2D eigenvalue weighted by molar-refractivity contribution is 8.00. The molecule has 1 N–H and O–H groups in total. The second-order valence-electron chi connectivity index (χ2n) is 5.53. The van der Waals surface area contributed by atoms with E-state index in [1.165, 1.54) is 41.4 Å². The molecular weight excluding hydrogens is 402 g/mol. The van der Waals surface area contributed by atoms with Gasteiger partial charge in [0.25, 0.3) is 5.56 Å². The number of hydrogen-bond acceptors (Lipinski definition) is 8. The summed E-state index contributed by atoms with van der Waals surface area (Å²) in [6, 6.07) is 11.3. The number of rotatable bonds is 5. The minimum Gasteiger partial charge on any atom is -0.301 e. The SMILES string of the molecule is CC(=O)Nc1nnc(SCc2cc(=O)n3c(-c4ccccc4)csc3n2)s1.